The highest BCUT2D eigenvalue weighted by molar-refractivity contribution is 6.33. The van der Waals surface area contributed by atoms with Gasteiger partial charge in [-0.2, -0.15) is 0 Å². The highest BCUT2D eigenvalue weighted by atomic mass is 35.5. The first kappa shape index (κ1) is 22.0. The Morgan fingerprint density at radius 2 is 1.74 bits per heavy atom. The number of nitrogens with zero attached hydrogens (tertiary/aromatic N) is 1. The first-order chi connectivity index (χ1) is 16.4. The molecule has 0 saturated heterocycles. The van der Waals surface area contributed by atoms with Crippen molar-refractivity contribution in [3.63, 3.8) is 0 Å². The van der Waals surface area contributed by atoms with Crippen LogP contribution in [0.1, 0.15) is 22.9 Å². The minimum atomic E-state index is -1.03. The molecule has 1 unspecified atom stereocenters. The summed E-state index contributed by atoms with van der Waals surface area (Å²) in [6, 6.07) is 17.3. The summed E-state index contributed by atoms with van der Waals surface area (Å²) in [6.45, 7) is 0.306. The Balaban J connectivity index is 1.54. The number of carbonyl (C=O) groups is 2. The minimum absolute atomic E-state index is 0.0960. The molecule has 3 aromatic carbocycles. The number of esters is 1. The van der Waals surface area contributed by atoms with E-state index in [1.54, 1.807) is 13.2 Å². The number of hydrogen-bond acceptors (Lipinski definition) is 4. The van der Waals surface area contributed by atoms with Crippen molar-refractivity contribution in [1.29, 1.82) is 0 Å². The molecule has 0 saturated carbocycles. The minimum Gasteiger partial charge on any atom is -0.497 e. The van der Waals surface area contributed by atoms with E-state index in [1.165, 1.54) is 17.0 Å². The van der Waals surface area contributed by atoms with Crippen LogP contribution in [-0.4, -0.2) is 35.4 Å². The van der Waals surface area contributed by atoms with Gasteiger partial charge in [-0.1, -0.05) is 23.7 Å². The summed E-state index contributed by atoms with van der Waals surface area (Å²) in [7, 11) is 1.58. The third-order valence-electron chi connectivity index (χ3n) is 5.98. The fourth-order valence-corrected chi connectivity index (χ4v) is 4.55. The summed E-state index contributed by atoms with van der Waals surface area (Å²) >= 11 is 6.24. The van der Waals surface area contributed by atoms with E-state index in [2.05, 4.69) is 4.98 Å². The summed E-state index contributed by atoms with van der Waals surface area (Å²) in [5.41, 5.74) is 3.57. The van der Waals surface area contributed by atoms with E-state index >= 15 is 0 Å². The third-order valence-corrected chi connectivity index (χ3v) is 6.22. The number of amides is 1. The predicted molar refractivity (Wildman–Crippen MR) is 126 cm³/mol. The van der Waals surface area contributed by atoms with Crippen LogP contribution in [0.15, 0.2) is 66.7 Å². The molecule has 6 nitrogen and oxygen atoms in total. The molecule has 4 aromatic rings. The molecule has 8 heteroatoms. The topological polar surface area (TPSA) is 71.6 Å². The fourth-order valence-electron chi connectivity index (χ4n) is 4.38. The summed E-state index contributed by atoms with van der Waals surface area (Å²) in [6.07, 6.45) is 0.540. The van der Waals surface area contributed by atoms with Crippen LogP contribution in [0.5, 0.6) is 11.5 Å². The Labute approximate surface area is 199 Å². The zero-order valence-electron chi connectivity index (χ0n) is 18.2. The van der Waals surface area contributed by atoms with Crippen molar-refractivity contribution < 1.29 is 23.5 Å². The maximum Gasteiger partial charge on any atom is 0.402 e. The molecule has 34 heavy (non-hydrogen) atoms. The summed E-state index contributed by atoms with van der Waals surface area (Å²) < 4.78 is 23.7. The van der Waals surface area contributed by atoms with Crippen LogP contribution in [0.2, 0.25) is 5.02 Å². The average Bonchev–Trinajstić information content (AvgIpc) is 3.22. The molecule has 1 aliphatic heterocycles. The predicted octanol–water partition coefficient (Wildman–Crippen LogP) is 5.05. The molecule has 0 spiro atoms. The third kappa shape index (κ3) is 3.99. The lowest BCUT2D eigenvalue weighted by molar-refractivity contribution is -0.155. The van der Waals surface area contributed by atoms with Gasteiger partial charge in [0.05, 0.1) is 13.2 Å². The van der Waals surface area contributed by atoms with Crippen LogP contribution in [-0.2, 0) is 16.0 Å². The van der Waals surface area contributed by atoms with Gasteiger partial charge in [0.25, 0.3) is 0 Å². The van der Waals surface area contributed by atoms with Crippen molar-refractivity contribution in [1.82, 2.24) is 9.88 Å². The van der Waals surface area contributed by atoms with Crippen LogP contribution in [0.3, 0.4) is 0 Å². The maximum absolute atomic E-state index is 13.3. The Bertz CT molecular complexity index is 1380. The number of halogens is 2. The van der Waals surface area contributed by atoms with E-state index < -0.39 is 23.7 Å². The normalized spacial score (nSPS) is 15.1. The van der Waals surface area contributed by atoms with E-state index in [0.29, 0.717) is 23.7 Å². The monoisotopic (exact) mass is 478 g/mol. The van der Waals surface area contributed by atoms with E-state index in [1.807, 2.05) is 36.4 Å². The van der Waals surface area contributed by atoms with Gasteiger partial charge >= 0.3 is 11.9 Å². The number of H-pyrrole nitrogens is 1. The lowest BCUT2D eigenvalue weighted by Crippen LogP contribution is -2.45. The summed E-state index contributed by atoms with van der Waals surface area (Å²) in [5.74, 6) is -1.51. The van der Waals surface area contributed by atoms with Crippen LogP contribution >= 0.6 is 11.6 Å². The molecule has 0 bridgehead atoms. The molecule has 1 aromatic heterocycles. The SMILES string of the molecule is COc1ccc(C2c3[nH]c4ccc(Cl)cc4c3CCN2C(=O)C(=O)Oc2ccc(F)cc2)cc1. The molecular formula is C26H20ClFN2O4. The number of methoxy groups -OCH3 is 1. The van der Waals surface area contributed by atoms with Crippen LogP contribution in [0.4, 0.5) is 4.39 Å². The molecule has 1 atom stereocenters. The van der Waals surface area contributed by atoms with Gasteiger partial charge in [-0.25, -0.2) is 9.18 Å². The summed E-state index contributed by atoms with van der Waals surface area (Å²) in [5, 5.41) is 1.61. The largest absolute Gasteiger partial charge is 0.497 e. The van der Waals surface area contributed by atoms with Crippen molar-refractivity contribution in [3.05, 3.63) is 94.4 Å². The van der Waals surface area contributed by atoms with E-state index in [-0.39, 0.29) is 5.75 Å². The number of aromatic nitrogens is 1. The van der Waals surface area contributed by atoms with Gasteiger partial charge < -0.3 is 19.4 Å². The first-order valence-corrected chi connectivity index (χ1v) is 11.0. The van der Waals surface area contributed by atoms with E-state index in [4.69, 9.17) is 21.1 Å². The molecule has 2 heterocycles. The second-order valence-corrected chi connectivity index (χ2v) is 8.41. The standard InChI is InChI=1S/C26H20ClFN2O4/c1-33-18-7-2-15(3-8-18)24-23-20(21-14-16(27)4-11-22(21)29-23)12-13-30(24)25(31)26(32)34-19-9-5-17(28)6-10-19/h2-11,14,24,29H,12-13H2,1H3. The van der Waals surface area contributed by atoms with Crippen molar-refractivity contribution in [3.8, 4) is 11.5 Å². The number of benzene rings is 3. The Morgan fingerprint density at radius 3 is 2.44 bits per heavy atom. The van der Waals surface area contributed by atoms with Crippen molar-refractivity contribution in [2.45, 2.75) is 12.5 Å². The van der Waals surface area contributed by atoms with Gasteiger partial charge in [0.2, 0.25) is 0 Å². The van der Waals surface area contributed by atoms with Crippen molar-refractivity contribution in [2.24, 2.45) is 0 Å². The molecule has 5 rings (SSSR count). The number of ether oxygens (including phenoxy) is 2. The van der Waals surface area contributed by atoms with E-state index in [9.17, 15) is 14.0 Å². The van der Waals surface area contributed by atoms with Gasteiger partial charge in [-0.05, 0) is 72.1 Å². The number of rotatable bonds is 3. The lowest BCUT2D eigenvalue weighted by atomic mass is 9.92. The number of aromatic amines is 1. The van der Waals surface area contributed by atoms with Gasteiger partial charge in [-0.3, -0.25) is 4.79 Å². The Hall–Kier alpha value is -3.84. The van der Waals surface area contributed by atoms with Crippen LogP contribution in [0.25, 0.3) is 10.9 Å². The average molecular weight is 479 g/mol. The van der Waals surface area contributed by atoms with E-state index in [0.717, 1.165) is 39.9 Å². The molecule has 1 N–H and O–H groups in total. The highest BCUT2D eigenvalue weighted by Crippen LogP contribution is 2.39. The highest BCUT2D eigenvalue weighted by Gasteiger charge is 2.38. The Kier molecular flexibility index (Phi) is 5.71. The zero-order valence-corrected chi connectivity index (χ0v) is 18.9. The molecule has 1 amide bonds. The van der Waals surface area contributed by atoms with Gasteiger partial charge in [0.1, 0.15) is 17.3 Å². The van der Waals surface area contributed by atoms with Crippen molar-refractivity contribution >= 4 is 34.4 Å². The molecule has 0 radical (unpaired) electrons. The zero-order chi connectivity index (χ0) is 23.8. The number of hydrogen-bond donors (Lipinski definition) is 1. The van der Waals surface area contributed by atoms with Crippen LogP contribution < -0.4 is 9.47 Å². The van der Waals surface area contributed by atoms with Crippen molar-refractivity contribution in [2.75, 3.05) is 13.7 Å². The number of carbonyl (C=O) groups excluding carboxylic acids is 2. The quantitative estimate of drug-likeness (QED) is 0.254. The number of fused-ring (bicyclic) bond motifs is 3. The second kappa shape index (κ2) is 8.83. The second-order valence-electron chi connectivity index (χ2n) is 7.97. The fraction of sp³-hybridized carbons (Fsp3) is 0.154. The molecule has 0 aliphatic carbocycles. The lowest BCUT2D eigenvalue weighted by Gasteiger charge is -2.35. The first-order valence-electron chi connectivity index (χ1n) is 10.7. The van der Waals surface area contributed by atoms with Crippen LogP contribution in [0, 0.1) is 5.82 Å². The van der Waals surface area contributed by atoms with Gasteiger partial charge in [0, 0.05) is 28.2 Å². The smallest absolute Gasteiger partial charge is 0.402 e. The summed E-state index contributed by atoms with van der Waals surface area (Å²) in [4.78, 5) is 30.9. The number of nitrogens with one attached hydrogen (secondary N) is 1. The molecular weight excluding hydrogens is 459 g/mol. The van der Waals surface area contributed by atoms with Gasteiger partial charge in [0.15, 0.2) is 0 Å². The maximum atomic E-state index is 13.3. The molecule has 0 fully saturated rings. The molecule has 172 valence electrons. The Morgan fingerprint density at radius 1 is 1.03 bits per heavy atom. The molecule has 1 aliphatic rings. The van der Waals surface area contributed by atoms with Gasteiger partial charge in [-0.15, -0.1) is 0 Å².